The van der Waals surface area contributed by atoms with E-state index < -0.39 is 0 Å². The van der Waals surface area contributed by atoms with Crippen molar-refractivity contribution in [3.8, 4) is 0 Å². The summed E-state index contributed by atoms with van der Waals surface area (Å²) in [6.07, 6.45) is 2.25. The fourth-order valence-electron chi connectivity index (χ4n) is 2.33. The lowest BCUT2D eigenvalue weighted by atomic mass is 9.82. The van der Waals surface area contributed by atoms with Crippen molar-refractivity contribution in [2.75, 3.05) is 32.0 Å². The summed E-state index contributed by atoms with van der Waals surface area (Å²) < 4.78 is 0.479. The normalized spacial score (nSPS) is 12.3. The topological polar surface area (TPSA) is 32.3 Å². The Hall–Kier alpha value is -0.740. The van der Waals surface area contributed by atoms with E-state index in [-0.39, 0.29) is 10.8 Å². The third-order valence-electron chi connectivity index (χ3n) is 3.28. The van der Waals surface area contributed by atoms with Crippen molar-refractivity contribution in [3.63, 3.8) is 0 Å². The van der Waals surface area contributed by atoms with Gasteiger partial charge in [0.15, 0.2) is 0 Å². The molecule has 108 valence electrons. The van der Waals surface area contributed by atoms with Crippen LogP contribution >= 0.6 is 12.2 Å². The second-order valence-electron chi connectivity index (χ2n) is 6.24. The maximum Gasteiger partial charge on any atom is 0.204 e. The molecule has 0 spiro atoms. The summed E-state index contributed by atoms with van der Waals surface area (Å²) in [7, 11) is 2.14. The standard InChI is InChI=1S/C15H26N2OS/c1-6-9-17(5)10-7-8-16-12-11(15(2,3)4)13(18)14(12)19/h16H,6-10H2,1-5H3. The summed E-state index contributed by atoms with van der Waals surface area (Å²) in [5.41, 5.74) is 1.69. The molecule has 4 heteroatoms. The Morgan fingerprint density at radius 1 is 1.26 bits per heavy atom. The van der Waals surface area contributed by atoms with Crippen molar-refractivity contribution in [2.45, 2.75) is 46.0 Å². The Kier molecular flexibility index (Phi) is 5.68. The lowest BCUT2D eigenvalue weighted by Crippen LogP contribution is -2.31. The molecule has 0 heterocycles. The minimum absolute atomic E-state index is 0.0492. The Labute approximate surface area is 121 Å². The fourth-order valence-corrected chi connectivity index (χ4v) is 2.61. The smallest absolute Gasteiger partial charge is 0.204 e. The molecule has 0 unspecified atom stereocenters. The van der Waals surface area contributed by atoms with Gasteiger partial charge in [-0.15, -0.1) is 0 Å². The maximum absolute atomic E-state index is 11.8. The highest BCUT2D eigenvalue weighted by Gasteiger charge is 2.27. The molecule has 0 saturated heterocycles. The van der Waals surface area contributed by atoms with Crippen LogP contribution in [-0.2, 0) is 5.41 Å². The first-order valence-corrected chi connectivity index (χ1v) is 7.46. The molecule has 1 rings (SSSR count). The monoisotopic (exact) mass is 282 g/mol. The van der Waals surface area contributed by atoms with Crippen LogP contribution in [-0.4, -0.2) is 31.6 Å². The van der Waals surface area contributed by atoms with Gasteiger partial charge in [0.1, 0.15) is 4.51 Å². The van der Waals surface area contributed by atoms with Crippen LogP contribution in [0.15, 0.2) is 4.79 Å². The first-order chi connectivity index (χ1) is 8.79. The van der Waals surface area contributed by atoms with Gasteiger partial charge < -0.3 is 10.2 Å². The fraction of sp³-hybridized carbons (Fsp3) is 0.733. The van der Waals surface area contributed by atoms with E-state index in [9.17, 15) is 4.79 Å². The number of hydrogen-bond donors (Lipinski definition) is 1. The van der Waals surface area contributed by atoms with E-state index in [1.165, 1.54) is 6.42 Å². The van der Waals surface area contributed by atoms with E-state index in [1.807, 2.05) is 0 Å². The van der Waals surface area contributed by atoms with Gasteiger partial charge in [-0.2, -0.15) is 0 Å². The highest BCUT2D eigenvalue weighted by atomic mass is 32.1. The molecular weight excluding hydrogens is 256 g/mol. The highest BCUT2D eigenvalue weighted by Crippen LogP contribution is 2.30. The van der Waals surface area contributed by atoms with E-state index in [0.29, 0.717) is 4.51 Å². The van der Waals surface area contributed by atoms with Crippen LogP contribution in [0.25, 0.3) is 0 Å². The minimum Gasteiger partial charge on any atom is -0.383 e. The van der Waals surface area contributed by atoms with Crippen LogP contribution in [0.4, 0.5) is 5.69 Å². The zero-order chi connectivity index (χ0) is 14.6. The molecule has 0 aliphatic heterocycles. The number of nitrogens with one attached hydrogen (secondary N) is 1. The summed E-state index contributed by atoms with van der Waals surface area (Å²) in [5.74, 6) is 0. The zero-order valence-electron chi connectivity index (χ0n) is 12.8. The van der Waals surface area contributed by atoms with Crippen LogP contribution < -0.4 is 10.7 Å². The van der Waals surface area contributed by atoms with Gasteiger partial charge in [-0.1, -0.05) is 39.9 Å². The molecule has 3 nitrogen and oxygen atoms in total. The lowest BCUT2D eigenvalue weighted by molar-refractivity contribution is 0.333. The van der Waals surface area contributed by atoms with Gasteiger partial charge in [-0.25, -0.2) is 0 Å². The molecule has 0 bridgehead atoms. The molecular formula is C15H26N2OS. The molecule has 0 aromatic heterocycles. The lowest BCUT2D eigenvalue weighted by Gasteiger charge is -2.25. The van der Waals surface area contributed by atoms with Crippen LogP contribution in [0.5, 0.6) is 0 Å². The molecule has 1 N–H and O–H groups in total. The van der Waals surface area contributed by atoms with E-state index in [0.717, 1.165) is 37.3 Å². The number of nitrogens with zero attached hydrogens (tertiary/aromatic N) is 1. The first-order valence-electron chi connectivity index (χ1n) is 7.05. The van der Waals surface area contributed by atoms with Gasteiger partial charge >= 0.3 is 0 Å². The highest BCUT2D eigenvalue weighted by molar-refractivity contribution is 7.71. The predicted octanol–water partition coefficient (Wildman–Crippen LogP) is 3.09. The SMILES string of the molecule is CCCN(C)CCCNc1c(C(C)(C)C)c(=O)c1=S. The second kappa shape index (κ2) is 6.62. The third kappa shape index (κ3) is 4.11. The molecule has 0 aliphatic rings. The van der Waals surface area contributed by atoms with E-state index >= 15 is 0 Å². The third-order valence-corrected chi connectivity index (χ3v) is 3.67. The molecule has 1 aromatic rings. The Balaban J connectivity index is 2.50. The maximum atomic E-state index is 11.8. The molecule has 0 saturated carbocycles. The molecule has 0 amide bonds. The molecule has 1 aromatic carbocycles. The van der Waals surface area contributed by atoms with E-state index in [1.54, 1.807) is 0 Å². The average Bonchev–Trinajstić information content (AvgIpc) is 2.30. The number of hydrogen-bond acceptors (Lipinski definition) is 4. The van der Waals surface area contributed by atoms with Gasteiger partial charge in [0, 0.05) is 12.1 Å². The number of anilines is 1. The predicted molar refractivity (Wildman–Crippen MR) is 85.5 cm³/mol. The van der Waals surface area contributed by atoms with Gasteiger partial charge in [0.25, 0.3) is 0 Å². The van der Waals surface area contributed by atoms with Crippen LogP contribution in [0.2, 0.25) is 0 Å². The number of rotatable bonds is 7. The van der Waals surface area contributed by atoms with Crippen molar-refractivity contribution in [2.24, 2.45) is 0 Å². The second-order valence-corrected chi connectivity index (χ2v) is 6.65. The van der Waals surface area contributed by atoms with Crippen molar-refractivity contribution >= 4 is 17.9 Å². The summed E-state index contributed by atoms with van der Waals surface area (Å²) >= 11 is 5.14. The van der Waals surface area contributed by atoms with Gasteiger partial charge in [-0.05, 0) is 38.4 Å². The Morgan fingerprint density at radius 3 is 2.42 bits per heavy atom. The van der Waals surface area contributed by atoms with Gasteiger partial charge in [0.05, 0.1) is 5.69 Å². The van der Waals surface area contributed by atoms with Gasteiger partial charge in [0.2, 0.25) is 5.43 Å². The Morgan fingerprint density at radius 2 is 1.89 bits per heavy atom. The summed E-state index contributed by atoms with van der Waals surface area (Å²) in [4.78, 5) is 14.1. The molecule has 19 heavy (non-hydrogen) atoms. The van der Waals surface area contributed by atoms with Crippen molar-refractivity contribution in [3.05, 3.63) is 20.3 Å². The van der Waals surface area contributed by atoms with Crippen molar-refractivity contribution in [1.82, 2.24) is 4.90 Å². The van der Waals surface area contributed by atoms with E-state index in [2.05, 4.69) is 45.0 Å². The summed E-state index contributed by atoms with van der Waals surface area (Å²) in [6.45, 7) is 11.4. The van der Waals surface area contributed by atoms with Gasteiger partial charge in [-0.3, -0.25) is 4.79 Å². The Bertz CT molecular complexity index is 481. The van der Waals surface area contributed by atoms with Crippen molar-refractivity contribution < 1.29 is 0 Å². The van der Waals surface area contributed by atoms with Crippen LogP contribution in [0.3, 0.4) is 0 Å². The van der Waals surface area contributed by atoms with Crippen molar-refractivity contribution in [1.29, 1.82) is 0 Å². The van der Waals surface area contributed by atoms with Crippen LogP contribution in [0.1, 0.15) is 46.1 Å². The summed E-state index contributed by atoms with van der Waals surface area (Å²) in [6, 6.07) is 0. The first kappa shape index (κ1) is 16.3. The molecule has 0 atom stereocenters. The minimum atomic E-state index is -0.124. The quantitative estimate of drug-likeness (QED) is 0.615. The summed E-state index contributed by atoms with van der Waals surface area (Å²) in [5, 5.41) is 3.34. The van der Waals surface area contributed by atoms with E-state index in [4.69, 9.17) is 12.2 Å². The largest absolute Gasteiger partial charge is 0.383 e. The molecule has 0 aliphatic carbocycles. The average molecular weight is 282 g/mol. The molecule has 0 fully saturated rings. The van der Waals surface area contributed by atoms with Crippen LogP contribution in [0, 0.1) is 4.51 Å². The molecule has 0 radical (unpaired) electrons. The zero-order valence-corrected chi connectivity index (χ0v) is 13.6.